The Kier molecular flexibility index (Phi) is 5.47. The van der Waals surface area contributed by atoms with Gasteiger partial charge in [0.05, 0.1) is 5.69 Å². The molecule has 2 N–H and O–H groups in total. The molecule has 1 aliphatic heterocycles. The topological polar surface area (TPSA) is 57.3 Å². The van der Waals surface area contributed by atoms with Crippen LogP contribution in [0.2, 0.25) is 0 Å². The Labute approximate surface area is 140 Å². The molecule has 0 aliphatic carbocycles. The lowest BCUT2D eigenvalue weighted by atomic mass is 10.2. The summed E-state index contributed by atoms with van der Waals surface area (Å²) in [6, 6.07) is 9.76. The van der Waals surface area contributed by atoms with Crippen LogP contribution in [-0.4, -0.2) is 30.6 Å². The minimum Gasteiger partial charge on any atom is -0.348 e. The van der Waals surface area contributed by atoms with Crippen molar-refractivity contribution in [3.05, 3.63) is 47.0 Å². The Morgan fingerprint density at radius 2 is 1.96 bits per heavy atom. The molecule has 5 nitrogen and oxygen atoms in total. The van der Waals surface area contributed by atoms with Gasteiger partial charge < -0.3 is 15.5 Å². The number of rotatable bonds is 6. The van der Waals surface area contributed by atoms with Crippen molar-refractivity contribution in [3.63, 3.8) is 0 Å². The van der Waals surface area contributed by atoms with Crippen molar-refractivity contribution < 1.29 is 4.79 Å². The molecule has 0 bridgehead atoms. The van der Waals surface area contributed by atoms with Crippen molar-refractivity contribution in [1.29, 1.82) is 0 Å². The molecule has 1 aliphatic rings. The lowest BCUT2D eigenvalue weighted by Crippen LogP contribution is -2.36. The van der Waals surface area contributed by atoms with Crippen LogP contribution in [0.4, 0.5) is 9.93 Å². The number of carbonyl (C=O) groups excluding carboxylic acids is 1. The summed E-state index contributed by atoms with van der Waals surface area (Å²) in [5.74, 6) is 0. The number of aromatic nitrogens is 1. The fourth-order valence-corrected chi connectivity index (χ4v) is 3.52. The van der Waals surface area contributed by atoms with E-state index in [0.29, 0.717) is 13.1 Å². The van der Waals surface area contributed by atoms with E-state index in [1.54, 1.807) is 11.3 Å². The Morgan fingerprint density at radius 1 is 1.17 bits per heavy atom. The van der Waals surface area contributed by atoms with Gasteiger partial charge in [-0.2, -0.15) is 0 Å². The number of hydrogen-bond donors (Lipinski definition) is 2. The summed E-state index contributed by atoms with van der Waals surface area (Å²) in [6.07, 6.45) is 3.29. The molecule has 0 atom stereocenters. The van der Waals surface area contributed by atoms with E-state index in [4.69, 9.17) is 0 Å². The first-order valence-electron chi connectivity index (χ1n) is 8.06. The molecule has 1 aromatic heterocycles. The van der Waals surface area contributed by atoms with Gasteiger partial charge in [-0.15, -0.1) is 11.3 Å². The van der Waals surface area contributed by atoms with Gasteiger partial charge in [-0.25, -0.2) is 9.78 Å². The van der Waals surface area contributed by atoms with E-state index in [-0.39, 0.29) is 6.03 Å². The standard InChI is InChI=1S/C17H22N4OS/c22-16(19-12-14-6-2-1-3-7-14)18-9-8-15-13-23-17(20-15)21-10-4-5-11-21/h1-3,6-7,13H,4-5,8-12H2,(H2,18,19,22). The molecule has 1 fully saturated rings. The van der Waals surface area contributed by atoms with Crippen LogP contribution >= 0.6 is 11.3 Å². The van der Waals surface area contributed by atoms with Crippen molar-refractivity contribution in [2.45, 2.75) is 25.8 Å². The fraction of sp³-hybridized carbons (Fsp3) is 0.412. The normalized spacial score (nSPS) is 14.0. The van der Waals surface area contributed by atoms with Crippen LogP contribution in [0.3, 0.4) is 0 Å². The summed E-state index contributed by atoms with van der Waals surface area (Å²) in [5, 5.41) is 8.95. The lowest BCUT2D eigenvalue weighted by molar-refractivity contribution is 0.240. The van der Waals surface area contributed by atoms with Crippen LogP contribution in [0, 0.1) is 0 Å². The van der Waals surface area contributed by atoms with Crippen LogP contribution in [0.25, 0.3) is 0 Å². The zero-order valence-electron chi connectivity index (χ0n) is 13.1. The van der Waals surface area contributed by atoms with Gasteiger partial charge >= 0.3 is 6.03 Å². The van der Waals surface area contributed by atoms with Gasteiger partial charge in [0.2, 0.25) is 0 Å². The number of amides is 2. The zero-order chi connectivity index (χ0) is 15.9. The second kappa shape index (κ2) is 7.97. The number of anilines is 1. The summed E-state index contributed by atoms with van der Waals surface area (Å²) in [4.78, 5) is 18.8. The summed E-state index contributed by atoms with van der Waals surface area (Å²) in [6.45, 7) is 3.38. The first-order valence-corrected chi connectivity index (χ1v) is 8.94. The van der Waals surface area contributed by atoms with Crippen molar-refractivity contribution in [2.24, 2.45) is 0 Å². The first-order chi connectivity index (χ1) is 11.3. The van der Waals surface area contributed by atoms with E-state index in [9.17, 15) is 4.79 Å². The smallest absolute Gasteiger partial charge is 0.315 e. The third kappa shape index (κ3) is 4.69. The third-order valence-corrected chi connectivity index (χ3v) is 4.83. The predicted octanol–water partition coefficient (Wildman–Crippen LogP) is 2.79. The van der Waals surface area contributed by atoms with Gasteiger partial charge in [0.25, 0.3) is 0 Å². The maximum absolute atomic E-state index is 11.8. The minimum absolute atomic E-state index is 0.135. The van der Waals surface area contributed by atoms with E-state index in [1.807, 2.05) is 30.3 Å². The monoisotopic (exact) mass is 330 g/mol. The SMILES string of the molecule is O=C(NCCc1csc(N2CCCC2)n1)NCc1ccccc1. The minimum atomic E-state index is -0.135. The molecule has 2 heterocycles. The van der Waals surface area contributed by atoms with Gasteiger partial charge in [0.15, 0.2) is 5.13 Å². The molecule has 1 aromatic carbocycles. The molecule has 0 radical (unpaired) electrons. The van der Waals surface area contributed by atoms with Crippen LogP contribution in [0.5, 0.6) is 0 Å². The van der Waals surface area contributed by atoms with Crippen molar-refractivity contribution in [3.8, 4) is 0 Å². The summed E-state index contributed by atoms with van der Waals surface area (Å²) in [7, 11) is 0. The molecule has 2 aromatic rings. The summed E-state index contributed by atoms with van der Waals surface area (Å²) >= 11 is 1.70. The van der Waals surface area contributed by atoms with Gasteiger partial charge in [0.1, 0.15) is 0 Å². The number of nitrogens with zero attached hydrogens (tertiary/aromatic N) is 2. The van der Waals surface area contributed by atoms with Crippen LogP contribution in [0.15, 0.2) is 35.7 Å². The van der Waals surface area contributed by atoms with Gasteiger partial charge in [-0.3, -0.25) is 0 Å². The molecule has 1 saturated heterocycles. The largest absolute Gasteiger partial charge is 0.348 e. The molecule has 2 amide bonds. The van der Waals surface area contributed by atoms with Crippen molar-refractivity contribution >= 4 is 22.5 Å². The molecule has 122 valence electrons. The fourth-order valence-electron chi connectivity index (χ4n) is 2.61. The average Bonchev–Trinajstić information content (AvgIpc) is 3.25. The highest BCUT2D eigenvalue weighted by molar-refractivity contribution is 7.13. The summed E-state index contributed by atoms with van der Waals surface area (Å²) < 4.78 is 0. The van der Waals surface area contributed by atoms with E-state index in [2.05, 4.69) is 25.9 Å². The lowest BCUT2D eigenvalue weighted by Gasteiger charge is -2.12. The quantitative estimate of drug-likeness (QED) is 0.856. The molecule has 0 unspecified atom stereocenters. The van der Waals surface area contributed by atoms with E-state index in [0.717, 1.165) is 35.9 Å². The van der Waals surface area contributed by atoms with Gasteiger partial charge in [-0.1, -0.05) is 30.3 Å². The Morgan fingerprint density at radius 3 is 2.74 bits per heavy atom. The molecule has 0 spiro atoms. The predicted molar refractivity (Wildman–Crippen MR) is 93.9 cm³/mol. The van der Waals surface area contributed by atoms with Crippen molar-refractivity contribution in [2.75, 3.05) is 24.5 Å². The molecule has 6 heteroatoms. The number of nitrogens with one attached hydrogen (secondary N) is 2. The highest BCUT2D eigenvalue weighted by Crippen LogP contribution is 2.24. The summed E-state index contributed by atoms with van der Waals surface area (Å²) in [5.41, 5.74) is 2.15. The highest BCUT2D eigenvalue weighted by atomic mass is 32.1. The number of thiazole rings is 1. The highest BCUT2D eigenvalue weighted by Gasteiger charge is 2.15. The van der Waals surface area contributed by atoms with Gasteiger partial charge in [-0.05, 0) is 18.4 Å². The van der Waals surface area contributed by atoms with E-state index >= 15 is 0 Å². The van der Waals surface area contributed by atoms with Crippen LogP contribution in [-0.2, 0) is 13.0 Å². The molecule has 23 heavy (non-hydrogen) atoms. The maximum Gasteiger partial charge on any atom is 0.315 e. The van der Waals surface area contributed by atoms with E-state index < -0.39 is 0 Å². The number of urea groups is 1. The number of carbonyl (C=O) groups is 1. The van der Waals surface area contributed by atoms with Gasteiger partial charge in [0, 0.05) is 38.0 Å². The van der Waals surface area contributed by atoms with E-state index in [1.165, 1.54) is 12.8 Å². The molecule has 3 rings (SSSR count). The Hall–Kier alpha value is -2.08. The zero-order valence-corrected chi connectivity index (χ0v) is 13.9. The second-order valence-electron chi connectivity index (χ2n) is 5.66. The molecular weight excluding hydrogens is 308 g/mol. The molecular formula is C17H22N4OS. The third-order valence-electron chi connectivity index (χ3n) is 3.88. The Balaban J connectivity index is 1.36. The second-order valence-corrected chi connectivity index (χ2v) is 6.50. The first kappa shape index (κ1) is 15.8. The number of hydrogen-bond acceptors (Lipinski definition) is 4. The average molecular weight is 330 g/mol. The van der Waals surface area contributed by atoms with Crippen LogP contribution < -0.4 is 15.5 Å². The molecule has 0 saturated carbocycles. The Bertz CT molecular complexity index is 623. The van der Waals surface area contributed by atoms with Crippen molar-refractivity contribution in [1.82, 2.24) is 15.6 Å². The maximum atomic E-state index is 11.8. The number of benzene rings is 1. The van der Waals surface area contributed by atoms with Crippen LogP contribution in [0.1, 0.15) is 24.1 Å².